The highest BCUT2D eigenvalue weighted by molar-refractivity contribution is 7.09. The lowest BCUT2D eigenvalue weighted by Gasteiger charge is -2.21. The zero-order chi connectivity index (χ0) is 17.7. The fourth-order valence-corrected chi connectivity index (χ4v) is 3.87. The van der Waals surface area contributed by atoms with Gasteiger partial charge in [0, 0.05) is 56.5 Å². The summed E-state index contributed by atoms with van der Waals surface area (Å²) in [5.74, 6) is 2.05. The molecule has 1 aromatic heterocycles. The number of hydrogen-bond acceptors (Lipinski definition) is 4. The van der Waals surface area contributed by atoms with Gasteiger partial charge in [-0.3, -0.25) is 9.89 Å². The van der Waals surface area contributed by atoms with Crippen LogP contribution in [-0.2, 0) is 6.42 Å². The van der Waals surface area contributed by atoms with Gasteiger partial charge in [0.1, 0.15) is 0 Å². The summed E-state index contributed by atoms with van der Waals surface area (Å²) in [6, 6.07) is 1.07. The van der Waals surface area contributed by atoms with E-state index in [0.717, 1.165) is 32.0 Å². The van der Waals surface area contributed by atoms with Gasteiger partial charge in [0.25, 0.3) is 0 Å². The second-order valence-corrected chi connectivity index (χ2v) is 8.25. The van der Waals surface area contributed by atoms with Gasteiger partial charge in [0.15, 0.2) is 5.96 Å². The molecule has 6 heteroatoms. The molecule has 0 aliphatic carbocycles. The van der Waals surface area contributed by atoms with Crippen LogP contribution in [-0.4, -0.2) is 54.6 Å². The number of guanidine groups is 1. The highest BCUT2D eigenvalue weighted by Crippen LogP contribution is 2.19. The third-order valence-electron chi connectivity index (χ3n) is 4.65. The molecule has 0 radical (unpaired) electrons. The van der Waals surface area contributed by atoms with Gasteiger partial charge in [0.05, 0.1) is 10.7 Å². The molecule has 0 spiro atoms. The number of aliphatic imine (C=N–C) groups is 1. The molecule has 2 N–H and O–H groups in total. The lowest BCUT2D eigenvalue weighted by molar-refractivity contribution is 0.265. The Morgan fingerprint density at radius 1 is 1.38 bits per heavy atom. The van der Waals surface area contributed by atoms with E-state index in [9.17, 15) is 0 Å². The minimum absolute atomic E-state index is 0.463. The van der Waals surface area contributed by atoms with Crippen LogP contribution in [0.1, 0.15) is 51.2 Å². The Kier molecular flexibility index (Phi) is 7.04. The lowest BCUT2D eigenvalue weighted by Crippen LogP contribution is -2.47. The molecule has 1 aliphatic rings. The van der Waals surface area contributed by atoms with Crippen molar-refractivity contribution in [2.45, 2.75) is 59.0 Å². The number of nitrogens with zero attached hydrogens (tertiary/aromatic N) is 3. The second kappa shape index (κ2) is 8.81. The number of aromatic nitrogens is 1. The van der Waals surface area contributed by atoms with Crippen molar-refractivity contribution in [3.05, 3.63) is 16.1 Å². The Labute approximate surface area is 151 Å². The molecule has 1 aromatic rings. The fourth-order valence-electron chi connectivity index (χ4n) is 3.00. The van der Waals surface area contributed by atoms with E-state index in [-0.39, 0.29) is 0 Å². The van der Waals surface area contributed by atoms with E-state index in [4.69, 9.17) is 0 Å². The average Bonchev–Trinajstić information content (AvgIpc) is 3.14. The Morgan fingerprint density at radius 2 is 2.12 bits per heavy atom. The normalized spacial score (nSPS) is 22.6. The first-order chi connectivity index (χ1) is 11.4. The number of rotatable bonds is 6. The van der Waals surface area contributed by atoms with Crippen molar-refractivity contribution in [1.82, 2.24) is 20.5 Å². The van der Waals surface area contributed by atoms with Crippen molar-refractivity contribution < 1.29 is 0 Å². The molecule has 24 heavy (non-hydrogen) atoms. The van der Waals surface area contributed by atoms with Crippen LogP contribution in [0.5, 0.6) is 0 Å². The first-order valence-corrected chi connectivity index (χ1v) is 9.94. The standard InChI is InChI=1S/C18H33N5S/c1-12(2)17-21-15(11-24-17)7-8-20-18(19-6)22-16-10-23(13(3)4)9-14(16)5/h11-14,16H,7-10H2,1-6H3,(H2,19,20,22). The van der Waals surface area contributed by atoms with Crippen LogP contribution in [0.4, 0.5) is 0 Å². The van der Waals surface area contributed by atoms with Gasteiger partial charge in [-0.15, -0.1) is 11.3 Å². The van der Waals surface area contributed by atoms with Crippen LogP contribution in [0.15, 0.2) is 10.4 Å². The third kappa shape index (κ3) is 5.18. The predicted octanol–water partition coefficient (Wildman–Crippen LogP) is 2.70. The second-order valence-electron chi connectivity index (χ2n) is 7.36. The number of likely N-dealkylation sites (tertiary alicyclic amines) is 1. The molecular weight excluding hydrogens is 318 g/mol. The van der Waals surface area contributed by atoms with Gasteiger partial charge in [-0.25, -0.2) is 4.98 Å². The third-order valence-corrected chi connectivity index (χ3v) is 5.85. The monoisotopic (exact) mass is 351 g/mol. The molecule has 0 saturated carbocycles. The van der Waals surface area contributed by atoms with E-state index in [1.54, 1.807) is 11.3 Å². The maximum absolute atomic E-state index is 4.69. The van der Waals surface area contributed by atoms with Crippen molar-refractivity contribution in [1.29, 1.82) is 0 Å². The Bertz CT molecular complexity index is 537. The molecule has 2 rings (SSSR count). The predicted molar refractivity (Wildman–Crippen MR) is 104 cm³/mol. The first-order valence-electron chi connectivity index (χ1n) is 9.06. The van der Waals surface area contributed by atoms with Crippen LogP contribution in [0, 0.1) is 5.92 Å². The van der Waals surface area contributed by atoms with Crippen molar-refractivity contribution in [2.24, 2.45) is 10.9 Å². The van der Waals surface area contributed by atoms with Crippen molar-refractivity contribution in [3.63, 3.8) is 0 Å². The Hall–Kier alpha value is -1.14. The first kappa shape index (κ1) is 19.2. The smallest absolute Gasteiger partial charge is 0.191 e. The van der Waals surface area contributed by atoms with Crippen LogP contribution in [0.2, 0.25) is 0 Å². The zero-order valence-electron chi connectivity index (χ0n) is 16.0. The number of thiazole rings is 1. The lowest BCUT2D eigenvalue weighted by atomic mass is 10.1. The van der Waals surface area contributed by atoms with E-state index in [2.05, 4.69) is 65.5 Å². The average molecular weight is 352 g/mol. The molecule has 2 atom stereocenters. The minimum atomic E-state index is 0.463. The van der Waals surface area contributed by atoms with Crippen molar-refractivity contribution in [2.75, 3.05) is 26.7 Å². The van der Waals surface area contributed by atoms with Crippen molar-refractivity contribution >= 4 is 17.3 Å². The molecule has 0 amide bonds. The largest absolute Gasteiger partial charge is 0.356 e. The fraction of sp³-hybridized carbons (Fsp3) is 0.778. The molecule has 0 bridgehead atoms. The molecule has 1 saturated heterocycles. The zero-order valence-corrected chi connectivity index (χ0v) is 16.8. The number of nitrogens with one attached hydrogen (secondary N) is 2. The van der Waals surface area contributed by atoms with Gasteiger partial charge < -0.3 is 10.6 Å². The van der Waals surface area contributed by atoms with Gasteiger partial charge in [-0.2, -0.15) is 0 Å². The summed E-state index contributed by atoms with van der Waals surface area (Å²) in [5.41, 5.74) is 1.17. The van der Waals surface area contributed by atoms with E-state index >= 15 is 0 Å². The van der Waals surface area contributed by atoms with Crippen molar-refractivity contribution in [3.8, 4) is 0 Å². The van der Waals surface area contributed by atoms with E-state index in [1.807, 2.05) is 7.05 Å². The molecule has 2 heterocycles. The van der Waals surface area contributed by atoms with E-state index in [0.29, 0.717) is 23.9 Å². The summed E-state index contributed by atoms with van der Waals surface area (Å²) in [6.45, 7) is 14.3. The highest BCUT2D eigenvalue weighted by atomic mass is 32.1. The molecular formula is C18H33N5S. The highest BCUT2D eigenvalue weighted by Gasteiger charge is 2.31. The quantitative estimate of drug-likeness (QED) is 0.611. The topological polar surface area (TPSA) is 52.6 Å². The van der Waals surface area contributed by atoms with Gasteiger partial charge in [-0.05, 0) is 19.8 Å². The van der Waals surface area contributed by atoms with Crippen LogP contribution in [0.25, 0.3) is 0 Å². The summed E-state index contributed by atoms with van der Waals surface area (Å²) < 4.78 is 0. The Morgan fingerprint density at radius 3 is 2.67 bits per heavy atom. The van der Waals surface area contributed by atoms with Gasteiger partial charge in [0.2, 0.25) is 0 Å². The number of hydrogen-bond donors (Lipinski definition) is 2. The molecule has 1 fully saturated rings. The SMILES string of the molecule is CN=C(NCCc1csc(C(C)C)n1)NC1CN(C(C)C)CC1C. The molecule has 2 unspecified atom stereocenters. The maximum Gasteiger partial charge on any atom is 0.191 e. The molecule has 136 valence electrons. The summed E-state index contributed by atoms with van der Waals surface area (Å²) in [7, 11) is 1.84. The van der Waals surface area contributed by atoms with Crippen LogP contribution in [0.3, 0.4) is 0 Å². The summed E-state index contributed by atoms with van der Waals surface area (Å²) >= 11 is 1.76. The molecule has 1 aliphatic heterocycles. The van der Waals surface area contributed by atoms with E-state index < -0.39 is 0 Å². The minimum Gasteiger partial charge on any atom is -0.356 e. The molecule has 0 aromatic carbocycles. The van der Waals surface area contributed by atoms with Gasteiger partial charge in [-0.1, -0.05) is 20.8 Å². The van der Waals surface area contributed by atoms with Crippen LogP contribution >= 0.6 is 11.3 Å². The van der Waals surface area contributed by atoms with Crippen LogP contribution < -0.4 is 10.6 Å². The van der Waals surface area contributed by atoms with Gasteiger partial charge >= 0.3 is 0 Å². The molecule has 5 nitrogen and oxygen atoms in total. The summed E-state index contributed by atoms with van der Waals surface area (Å²) in [6.07, 6.45) is 0.933. The summed E-state index contributed by atoms with van der Waals surface area (Å²) in [4.78, 5) is 11.6. The Balaban J connectivity index is 1.78. The summed E-state index contributed by atoms with van der Waals surface area (Å²) in [5, 5.41) is 10.4. The van der Waals surface area contributed by atoms with E-state index in [1.165, 1.54) is 10.7 Å². The maximum atomic E-state index is 4.69.